The van der Waals surface area contributed by atoms with E-state index in [-0.39, 0.29) is 0 Å². The number of hydrogen-bond donors (Lipinski definition) is 0. The van der Waals surface area contributed by atoms with Gasteiger partial charge in [-0.3, -0.25) is 0 Å². The van der Waals surface area contributed by atoms with Crippen LogP contribution >= 0.6 is 0 Å². The van der Waals surface area contributed by atoms with Crippen LogP contribution in [0.1, 0.15) is 53.4 Å². The second-order valence-electron chi connectivity index (χ2n) is 7.18. The minimum atomic E-state index is 0.647. The van der Waals surface area contributed by atoms with Crippen molar-refractivity contribution in [2.45, 2.75) is 53.4 Å². The Labute approximate surface area is 82.1 Å². The second-order valence-corrected chi connectivity index (χ2v) is 7.18. The molecule has 3 rings (SSSR count). The van der Waals surface area contributed by atoms with Crippen LogP contribution in [0, 0.1) is 28.1 Å². The molecule has 0 saturated heterocycles. The molecule has 0 N–H and O–H groups in total. The van der Waals surface area contributed by atoms with E-state index in [0.29, 0.717) is 5.41 Å². The average molecular weight is 178 g/mol. The van der Waals surface area contributed by atoms with E-state index in [9.17, 15) is 0 Å². The molecule has 3 fully saturated rings. The molecule has 4 atom stereocenters. The Morgan fingerprint density at radius 1 is 1.00 bits per heavy atom. The summed E-state index contributed by atoms with van der Waals surface area (Å²) in [5.74, 6) is 2.01. The molecule has 3 aliphatic rings. The first kappa shape index (κ1) is 8.32. The summed E-state index contributed by atoms with van der Waals surface area (Å²) in [6.07, 6.45) is 6.13. The van der Waals surface area contributed by atoms with E-state index < -0.39 is 0 Å². The summed E-state index contributed by atoms with van der Waals surface area (Å²) in [7, 11) is 0. The SMILES string of the molecule is CC1CC2(C)CC23CC1C(C)(C)C3. The molecule has 3 aliphatic carbocycles. The summed E-state index contributed by atoms with van der Waals surface area (Å²) < 4.78 is 0. The maximum absolute atomic E-state index is 2.54. The van der Waals surface area contributed by atoms with E-state index >= 15 is 0 Å². The Bertz CT molecular complexity index is 265. The van der Waals surface area contributed by atoms with E-state index in [1.165, 1.54) is 12.8 Å². The Morgan fingerprint density at radius 3 is 2.38 bits per heavy atom. The molecule has 0 aromatic carbocycles. The predicted molar refractivity (Wildman–Crippen MR) is 55.4 cm³/mol. The Morgan fingerprint density at radius 2 is 1.69 bits per heavy atom. The van der Waals surface area contributed by atoms with Crippen molar-refractivity contribution < 1.29 is 0 Å². The van der Waals surface area contributed by atoms with Gasteiger partial charge in [-0.2, -0.15) is 0 Å². The molecular formula is C13H22. The zero-order valence-corrected chi connectivity index (χ0v) is 9.48. The molecule has 13 heavy (non-hydrogen) atoms. The van der Waals surface area contributed by atoms with Crippen LogP contribution in [-0.2, 0) is 0 Å². The summed E-state index contributed by atoms with van der Waals surface area (Å²) in [5, 5.41) is 0. The lowest BCUT2D eigenvalue weighted by Crippen LogP contribution is -2.26. The lowest BCUT2D eigenvalue weighted by atomic mass is 9.70. The van der Waals surface area contributed by atoms with Gasteiger partial charge in [-0.25, -0.2) is 0 Å². The fraction of sp³-hybridized carbons (Fsp3) is 1.00. The highest BCUT2D eigenvalue weighted by molar-refractivity contribution is 5.22. The molecule has 0 nitrogen and oxygen atoms in total. The van der Waals surface area contributed by atoms with E-state index in [0.717, 1.165) is 22.7 Å². The predicted octanol–water partition coefficient (Wildman–Crippen LogP) is 3.86. The van der Waals surface area contributed by atoms with Crippen LogP contribution in [0.15, 0.2) is 0 Å². The van der Waals surface area contributed by atoms with Crippen LogP contribution in [-0.4, -0.2) is 0 Å². The van der Waals surface area contributed by atoms with Gasteiger partial charge in [0.25, 0.3) is 0 Å². The minimum Gasteiger partial charge on any atom is -0.0622 e. The van der Waals surface area contributed by atoms with Crippen molar-refractivity contribution in [2.24, 2.45) is 28.1 Å². The van der Waals surface area contributed by atoms with Gasteiger partial charge < -0.3 is 0 Å². The van der Waals surface area contributed by atoms with Crippen molar-refractivity contribution in [1.82, 2.24) is 0 Å². The molecule has 3 saturated carbocycles. The topological polar surface area (TPSA) is 0 Å². The van der Waals surface area contributed by atoms with Gasteiger partial charge in [-0.15, -0.1) is 0 Å². The van der Waals surface area contributed by atoms with E-state index in [1.807, 2.05) is 0 Å². The van der Waals surface area contributed by atoms with E-state index in [1.54, 1.807) is 12.8 Å². The third kappa shape index (κ3) is 0.789. The molecule has 4 unspecified atom stereocenters. The monoisotopic (exact) mass is 178 g/mol. The first-order valence-electron chi connectivity index (χ1n) is 5.89. The van der Waals surface area contributed by atoms with E-state index in [2.05, 4.69) is 27.7 Å². The normalized spacial score (nSPS) is 61.8. The maximum atomic E-state index is 2.54. The van der Waals surface area contributed by atoms with Gasteiger partial charge in [0.2, 0.25) is 0 Å². The molecule has 0 radical (unpaired) electrons. The highest BCUT2D eigenvalue weighted by Gasteiger charge is 2.73. The van der Waals surface area contributed by atoms with Gasteiger partial charge in [-0.1, -0.05) is 27.7 Å². The Kier molecular flexibility index (Phi) is 1.19. The largest absolute Gasteiger partial charge is 0.0622 e. The van der Waals surface area contributed by atoms with Crippen molar-refractivity contribution in [1.29, 1.82) is 0 Å². The van der Waals surface area contributed by atoms with Gasteiger partial charge in [0.1, 0.15) is 0 Å². The number of fused-ring (bicyclic) bond motifs is 1. The molecule has 0 heteroatoms. The fourth-order valence-corrected chi connectivity index (χ4v) is 5.18. The van der Waals surface area contributed by atoms with Crippen LogP contribution < -0.4 is 0 Å². The standard InChI is InChI=1S/C13H22/c1-9-5-12(4)8-13(12)6-10(9)11(2,3)7-13/h9-10H,5-8H2,1-4H3. The lowest BCUT2D eigenvalue weighted by Gasteiger charge is -2.34. The van der Waals surface area contributed by atoms with Crippen molar-refractivity contribution >= 4 is 0 Å². The Balaban J connectivity index is 2.02. The molecular weight excluding hydrogens is 156 g/mol. The van der Waals surface area contributed by atoms with Crippen LogP contribution in [0.4, 0.5) is 0 Å². The highest BCUT2D eigenvalue weighted by Crippen LogP contribution is 2.82. The molecule has 1 spiro atoms. The third-order valence-corrected chi connectivity index (χ3v) is 5.75. The van der Waals surface area contributed by atoms with Gasteiger partial charge in [0, 0.05) is 0 Å². The van der Waals surface area contributed by atoms with Gasteiger partial charge >= 0.3 is 0 Å². The van der Waals surface area contributed by atoms with Crippen LogP contribution in [0.2, 0.25) is 0 Å². The second kappa shape index (κ2) is 1.85. The molecule has 0 aromatic rings. The summed E-state index contributed by atoms with van der Waals surface area (Å²) in [5.41, 5.74) is 2.22. The number of rotatable bonds is 0. The summed E-state index contributed by atoms with van der Waals surface area (Å²) in [6.45, 7) is 10.0. The summed E-state index contributed by atoms with van der Waals surface area (Å²) >= 11 is 0. The quantitative estimate of drug-likeness (QED) is 0.528. The third-order valence-electron chi connectivity index (χ3n) is 5.75. The summed E-state index contributed by atoms with van der Waals surface area (Å²) in [6, 6.07) is 0. The van der Waals surface area contributed by atoms with Crippen molar-refractivity contribution in [3.63, 3.8) is 0 Å². The molecule has 0 aromatic heterocycles. The van der Waals surface area contributed by atoms with Crippen molar-refractivity contribution in [2.75, 3.05) is 0 Å². The van der Waals surface area contributed by atoms with E-state index in [4.69, 9.17) is 0 Å². The first-order valence-corrected chi connectivity index (χ1v) is 5.89. The van der Waals surface area contributed by atoms with Crippen LogP contribution in [0.5, 0.6) is 0 Å². The maximum Gasteiger partial charge on any atom is -0.0230 e. The molecule has 0 amide bonds. The van der Waals surface area contributed by atoms with Crippen LogP contribution in [0.3, 0.4) is 0 Å². The Hall–Kier alpha value is 0. The molecule has 74 valence electrons. The molecule has 0 heterocycles. The lowest BCUT2D eigenvalue weighted by molar-refractivity contribution is 0.147. The van der Waals surface area contributed by atoms with Crippen LogP contribution in [0.25, 0.3) is 0 Å². The highest BCUT2D eigenvalue weighted by atomic mass is 14.8. The van der Waals surface area contributed by atoms with Gasteiger partial charge in [0.15, 0.2) is 0 Å². The van der Waals surface area contributed by atoms with Crippen molar-refractivity contribution in [3.05, 3.63) is 0 Å². The van der Waals surface area contributed by atoms with Gasteiger partial charge in [0.05, 0.1) is 0 Å². The number of hydrogen-bond acceptors (Lipinski definition) is 0. The average Bonchev–Trinajstić information content (AvgIpc) is 2.39. The van der Waals surface area contributed by atoms with Crippen molar-refractivity contribution in [3.8, 4) is 0 Å². The smallest absolute Gasteiger partial charge is 0.0230 e. The summed E-state index contributed by atoms with van der Waals surface area (Å²) in [4.78, 5) is 0. The minimum absolute atomic E-state index is 0.647. The first-order chi connectivity index (χ1) is 5.89. The molecule has 0 aliphatic heterocycles. The van der Waals surface area contributed by atoms with Gasteiger partial charge in [-0.05, 0) is 53.8 Å². The molecule has 2 bridgehead atoms. The zero-order valence-electron chi connectivity index (χ0n) is 9.48. The zero-order chi connectivity index (χ0) is 9.48. The fourth-order valence-electron chi connectivity index (χ4n) is 5.18.